The molecule has 0 saturated carbocycles. The number of carbonyl (C=O) groups is 2. The number of nitrogens with zero attached hydrogens (tertiary/aromatic N) is 1. The summed E-state index contributed by atoms with van der Waals surface area (Å²) in [6.45, 7) is 6.46. The highest BCUT2D eigenvalue weighted by Crippen LogP contribution is 2.19. The van der Waals surface area contributed by atoms with Crippen molar-refractivity contribution in [2.45, 2.75) is 52.5 Å². The minimum Gasteiger partial charge on any atom is -0.482 e. The molecule has 0 radical (unpaired) electrons. The number of likely N-dealkylation sites (tertiary alicyclic amines) is 1. The molecule has 24 heavy (non-hydrogen) atoms. The zero-order valence-electron chi connectivity index (χ0n) is 14.8. The molecule has 132 valence electrons. The molecule has 0 aromatic heterocycles. The highest BCUT2D eigenvalue weighted by molar-refractivity contribution is 5.81. The van der Waals surface area contributed by atoms with Gasteiger partial charge in [-0.25, -0.2) is 4.79 Å². The molecule has 1 saturated heterocycles. The summed E-state index contributed by atoms with van der Waals surface area (Å²) in [5.41, 5.74) is 2.27. The maximum atomic E-state index is 12.2. The summed E-state index contributed by atoms with van der Waals surface area (Å²) in [5.74, 6) is -0.00355. The fraction of sp³-hybridized carbons (Fsp3) is 0.579. The summed E-state index contributed by atoms with van der Waals surface area (Å²) in [4.78, 5) is 25.9. The van der Waals surface area contributed by atoms with Gasteiger partial charge in [0.15, 0.2) is 13.2 Å². The number of aryl methyl sites for hydroxylation is 2. The van der Waals surface area contributed by atoms with Crippen LogP contribution in [0.4, 0.5) is 0 Å². The molecule has 0 bridgehead atoms. The molecule has 1 aromatic rings. The van der Waals surface area contributed by atoms with E-state index < -0.39 is 5.97 Å². The third-order valence-electron chi connectivity index (χ3n) is 4.61. The van der Waals surface area contributed by atoms with Crippen molar-refractivity contribution in [1.29, 1.82) is 0 Å². The Bertz CT molecular complexity index is 585. The van der Waals surface area contributed by atoms with Crippen molar-refractivity contribution in [3.63, 3.8) is 0 Å². The number of esters is 1. The van der Waals surface area contributed by atoms with Gasteiger partial charge < -0.3 is 14.4 Å². The summed E-state index contributed by atoms with van der Waals surface area (Å²) >= 11 is 0. The van der Waals surface area contributed by atoms with Crippen LogP contribution in [0.3, 0.4) is 0 Å². The van der Waals surface area contributed by atoms with E-state index in [4.69, 9.17) is 9.47 Å². The third kappa shape index (κ3) is 4.98. The molecule has 1 fully saturated rings. The Labute approximate surface area is 143 Å². The molecular formula is C19H27NO4. The Kier molecular flexibility index (Phi) is 6.64. The van der Waals surface area contributed by atoms with Crippen molar-refractivity contribution in [2.24, 2.45) is 0 Å². The minimum atomic E-state index is -0.522. The largest absolute Gasteiger partial charge is 0.482 e. The van der Waals surface area contributed by atoms with Crippen LogP contribution >= 0.6 is 0 Å². The second-order valence-electron chi connectivity index (χ2n) is 6.34. The fourth-order valence-corrected chi connectivity index (χ4v) is 2.97. The van der Waals surface area contributed by atoms with Gasteiger partial charge in [-0.3, -0.25) is 4.79 Å². The van der Waals surface area contributed by atoms with Gasteiger partial charge in [-0.1, -0.05) is 13.0 Å². The highest BCUT2D eigenvalue weighted by atomic mass is 16.6. The third-order valence-corrected chi connectivity index (χ3v) is 4.61. The predicted octanol–water partition coefficient (Wildman–Crippen LogP) is 3.02. The average molecular weight is 333 g/mol. The zero-order chi connectivity index (χ0) is 17.5. The normalized spacial score (nSPS) is 17.5. The van der Waals surface area contributed by atoms with Gasteiger partial charge in [-0.15, -0.1) is 0 Å². The van der Waals surface area contributed by atoms with Crippen LogP contribution in [0, 0.1) is 13.8 Å². The van der Waals surface area contributed by atoms with E-state index in [0.29, 0.717) is 5.75 Å². The number of rotatable bonds is 6. The number of carbonyl (C=O) groups excluding carboxylic acids is 2. The Hall–Kier alpha value is -2.04. The van der Waals surface area contributed by atoms with Gasteiger partial charge in [-0.05, 0) is 62.8 Å². The van der Waals surface area contributed by atoms with Crippen LogP contribution in [0.1, 0.15) is 43.7 Å². The monoisotopic (exact) mass is 333 g/mol. The van der Waals surface area contributed by atoms with Crippen molar-refractivity contribution < 1.29 is 19.1 Å². The number of amides is 1. The molecular weight excluding hydrogens is 306 g/mol. The van der Waals surface area contributed by atoms with Gasteiger partial charge in [0.2, 0.25) is 0 Å². The second kappa shape index (κ2) is 8.71. The number of hydrogen-bond acceptors (Lipinski definition) is 4. The Morgan fingerprint density at radius 1 is 1.17 bits per heavy atom. The average Bonchev–Trinajstić information content (AvgIpc) is 2.60. The standard InChI is InChI=1S/C19H27NO4/c1-4-16-7-5-6-10-20(16)18(21)12-24-19(22)13-23-17-9-8-14(2)15(3)11-17/h8-9,11,16H,4-7,10,12-13H2,1-3H3. The van der Waals surface area contributed by atoms with E-state index in [1.165, 1.54) is 5.56 Å². The molecule has 1 aromatic carbocycles. The first-order valence-electron chi connectivity index (χ1n) is 8.66. The van der Waals surface area contributed by atoms with E-state index in [1.54, 1.807) is 0 Å². The molecule has 2 rings (SSSR count). The molecule has 1 amide bonds. The van der Waals surface area contributed by atoms with Crippen molar-refractivity contribution in [3.8, 4) is 5.75 Å². The molecule has 5 heteroatoms. The van der Waals surface area contributed by atoms with Crippen molar-refractivity contribution in [1.82, 2.24) is 4.90 Å². The van der Waals surface area contributed by atoms with Gasteiger partial charge in [-0.2, -0.15) is 0 Å². The van der Waals surface area contributed by atoms with Gasteiger partial charge in [0.1, 0.15) is 5.75 Å². The van der Waals surface area contributed by atoms with Crippen molar-refractivity contribution in [3.05, 3.63) is 29.3 Å². The number of piperidine rings is 1. The summed E-state index contributed by atoms with van der Waals surface area (Å²) in [5, 5.41) is 0. The first-order chi connectivity index (χ1) is 11.5. The van der Waals surface area contributed by atoms with E-state index >= 15 is 0 Å². The Morgan fingerprint density at radius 3 is 2.67 bits per heavy atom. The molecule has 1 aliphatic rings. The lowest BCUT2D eigenvalue weighted by molar-refractivity contribution is -0.155. The molecule has 1 atom stereocenters. The van der Waals surface area contributed by atoms with E-state index in [0.717, 1.165) is 37.8 Å². The van der Waals surface area contributed by atoms with Gasteiger partial charge in [0, 0.05) is 12.6 Å². The van der Waals surface area contributed by atoms with E-state index in [9.17, 15) is 9.59 Å². The van der Waals surface area contributed by atoms with Crippen LogP contribution in [-0.2, 0) is 14.3 Å². The lowest BCUT2D eigenvalue weighted by Crippen LogP contribution is -2.45. The first-order valence-corrected chi connectivity index (χ1v) is 8.66. The molecule has 0 aliphatic carbocycles. The number of benzene rings is 1. The van der Waals surface area contributed by atoms with Gasteiger partial charge in [0.25, 0.3) is 5.91 Å². The second-order valence-corrected chi connectivity index (χ2v) is 6.34. The van der Waals surface area contributed by atoms with Crippen LogP contribution in [0.15, 0.2) is 18.2 Å². The number of hydrogen-bond donors (Lipinski definition) is 0. The maximum absolute atomic E-state index is 12.2. The smallest absolute Gasteiger partial charge is 0.344 e. The number of ether oxygens (including phenoxy) is 2. The van der Waals surface area contributed by atoms with Crippen molar-refractivity contribution >= 4 is 11.9 Å². The fourth-order valence-electron chi connectivity index (χ4n) is 2.97. The van der Waals surface area contributed by atoms with E-state index in [-0.39, 0.29) is 25.2 Å². The molecule has 0 N–H and O–H groups in total. The molecule has 1 heterocycles. The quantitative estimate of drug-likeness (QED) is 0.751. The van der Waals surface area contributed by atoms with Crippen molar-refractivity contribution in [2.75, 3.05) is 19.8 Å². The first kappa shape index (κ1) is 18.3. The predicted molar refractivity (Wildman–Crippen MR) is 92.0 cm³/mol. The Morgan fingerprint density at radius 2 is 1.96 bits per heavy atom. The topological polar surface area (TPSA) is 55.8 Å². The molecule has 5 nitrogen and oxygen atoms in total. The summed E-state index contributed by atoms with van der Waals surface area (Å²) < 4.78 is 10.5. The van der Waals surface area contributed by atoms with Crippen LogP contribution in [0.25, 0.3) is 0 Å². The zero-order valence-corrected chi connectivity index (χ0v) is 14.8. The summed E-state index contributed by atoms with van der Waals surface area (Å²) in [6.07, 6.45) is 4.15. The summed E-state index contributed by atoms with van der Waals surface area (Å²) in [6, 6.07) is 5.92. The maximum Gasteiger partial charge on any atom is 0.344 e. The van der Waals surface area contributed by atoms with E-state index in [2.05, 4.69) is 6.92 Å². The lowest BCUT2D eigenvalue weighted by Gasteiger charge is -2.35. The molecule has 1 aliphatic heterocycles. The van der Waals surface area contributed by atoms with E-state index in [1.807, 2.05) is 36.9 Å². The van der Waals surface area contributed by atoms with Crippen LogP contribution in [0.5, 0.6) is 5.75 Å². The highest BCUT2D eigenvalue weighted by Gasteiger charge is 2.25. The van der Waals surface area contributed by atoms with Crippen LogP contribution in [0.2, 0.25) is 0 Å². The Balaban J connectivity index is 1.76. The van der Waals surface area contributed by atoms with Crippen LogP contribution < -0.4 is 4.74 Å². The molecule has 0 spiro atoms. The van der Waals surface area contributed by atoms with Gasteiger partial charge in [0.05, 0.1) is 0 Å². The minimum absolute atomic E-state index is 0.110. The van der Waals surface area contributed by atoms with Crippen LogP contribution in [-0.4, -0.2) is 42.6 Å². The summed E-state index contributed by atoms with van der Waals surface area (Å²) in [7, 11) is 0. The lowest BCUT2D eigenvalue weighted by atomic mass is 10.00. The SMILES string of the molecule is CCC1CCCCN1C(=O)COC(=O)COc1ccc(C)c(C)c1. The van der Waals surface area contributed by atoms with Gasteiger partial charge >= 0.3 is 5.97 Å². The molecule has 1 unspecified atom stereocenters.